The van der Waals surface area contributed by atoms with Crippen LogP contribution in [0.3, 0.4) is 0 Å². The van der Waals surface area contributed by atoms with E-state index in [4.69, 9.17) is 14.6 Å². The van der Waals surface area contributed by atoms with Crippen LogP contribution < -0.4 is 10.1 Å². The number of rotatable bonds is 7. The third-order valence-electron chi connectivity index (χ3n) is 1.86. The van der Waals surface area contributed by atoms with Crippen LogP contribution >= 0.6 is 0 Å². The average Bonchev–Trinajstić information content (AvgIpc) is 2.29. The number of nitrogens with zero attached hydrogens (tertiary/aromatic N) is 2. The lowest BCUT2D eigenvalue weighted by Gasteiger charge is -2.14. The number of hydrogen-bond donors (Lipinski definition) is 2. The number of aromatic nitrogens is 2. The third kappa shape index (κ3) is 4.23. The molecule has 94 valence electrons. The van der Waals surface area contributed by atoms with Crippen molar-refractivity contribution >= 4 is 11.8 Å². The molecule has 1 rings (SSSR count). The first-order valence-electron chi connectivity index (χ1n) is 5.10. The van der Waals surface area contributed by atoms with Gasteiger partial charge in [-0.2, -0.15) is 4.98 Å². The molecule has 0 aliphatic heterocycles. The van der Waals surface area contributed by atoms with Crippen molar-refractivity contribution in [1.29, 1.82) is 0 Å². The Kier molecular flexibility index (Phi) is 5.15. The second-order valence-electron chi connectivity index (χ2n) is 3.17. The number of carboxylic acid groups (broad SMARTS) is 1. The van der Waals surface area contributed by atoms with E-state index in [1.54, 1.807) is 0 Å². The van der Waals surface area contributed by atoms with Gasteiger partial charge in [-0.1, -0.05) is 0 Å². The molecule has 7 heteroatoms. The van der Waals surface area contributed by atoms with Crippen LogP contribution in [0, 0.1) is 0 Å². The van der Waals surface area contributed by atoms with E-state index in [9.17, 15) is 4.79 Å². The predicted molar refractivity (Wildman–Crippen MR) is 60.1 cm³/mol. The van der Waals surface area contributed by atoms with Gasteiger partial charge in [0, 0.05) is 7.11 Å². The molecule has 0 fully saturated rings. The summed E-state index contributed by atoms with van der Waals surface area (Å²) in [4.78, 5) is 18.8. The number of ether oxygens (including phenoxy) is 2. The van der Waals surface area contributed by atoms with Gasteiger partial charge >= 0.3 is 5.97 Å². The monoisotopic (exact) mass is 241 g/mol. The zero-order valence-electron chi connectivity index (χ0n) is 9.71. The van der Waals surface area contributed by atoms with Gasteiger partial charge in [0.2, 0.25) is 5.88 Å². The Hall–Kier alpha value is -1.89. The predicted octanol–water partition coefficient (Wildman–Crippen LogP) is 0.387. The summed E-state index contributed by atoms with van der Waals surface area (Å²) in [6.07, 6.45) is 2.88. The Morgan fingerprint density at radius 3 is 2.94 bits per heavy atom. The molecule has 7 nitrogen and oxygen atoms in total. The minimum atomic E-state index is -1.02. The first-order valence-corrected chi connectivity index (χ1v) is 5.10. The van der Waals surface area contributed by atoms with E-state index in [1.165, 1.54) is 19.5 Å². The van der Waals surface area contributed by atoms with Crippen molar-refractivity contribution in [3.8, 4) is 5.88 Å². The second-order valence-corrected chi connectivity index (χ2v) is 3.17. The van der Waals surface area contributed by atoms with Crippen molar-refractivity contribution in [2.24, 2.45) is 0 Å². The zero-order chi connectivity index (χ0) is 12.7. The van der Waals surface area contributed by atoms with Crippen LogP contribution in [-0.4, -0.2) is 47.4 Å². The molecule has 0 aliphatic rings. The van der Waals surface area contributed by atoms with Gasteiger partial charge in [0.1, 0.15) is 11.9 Å². The van der Waals surface area contributed by atoms with E-state index < -0.39 is 12.0 Å². The number of carbonyl (C=O) groups is 1. The fraction of sp³-hybridized carbons (Fsp3) is 0.500. The molecule has 1 aromatic heterocycles. The van der Waals surface area contributed by atoms with E-state index in [2.05, 4.69) is 15.3 Å². The van der Waals surface area contributed by atoms with E-state index in [0.29, 0.717) is 18.3 Å². The maximum Gasteiger partial charge on any atom is 0.328 e. The molecule has 0 spiro atoms. The van der Waals surface area contributed by atoms with Crippen LogP contribution in [0.4, 0.5) is 5.82 Å². The third-order valence-corrected chi connectivity index (χ3v) is 1.86. The number of anilines is 1. The molecule has 1 heterocycles. The van der Waals surface area contributed by atoms with Gasteiger partial charge in [-0.15, -0.1) is 0 Å². The first kappa shape index (κ1) is 13.2. The van der Waals surface area contributed by atoms with Crippen molar-refractivity contribution in [3.05, 3.63) is 12.4 Å². The normalized spacial score (nSPS) is 11.9. The van der Waals surface area contributed by atoms with Gasteiger partial charge in [0.15, 0.2) is 0 Å². The van der Waals surface area contributed by atoms with Gasteiger partial charge in [-0.3, -0.25) is 4.98 Å². The Balaban J connectivity index is 2.71. The number of nitrogens with one attached hydrogen (secondary N) is 1. The molecule has 0 radical (unpaired) electrons. The molecular formula is C10H15N3O4. The van der Waals surface area contributed by atoms with Gasteiger partial charge in [0.05, 0.1) is 25.6 Å². The number of aliphatic carboxylic acids is 1. The highest BCUT2D eigenvalue weighted by atomic mass is 16.5. The van der Waals surface area contributed by atoms with Gasteiger partial charge in [0.25, 0.3) is 0 Å². The van der Waals surface area contributed by atoms with E-state index in [1.807, 2.05) is 6.92 Å². The van der Waals surface area contributed by atoms with Crippen LogP contribution in [-0.2, 0) is 9.53 Å². The molecule has 0 amide bonds. The second kappa shape index (κ2) is 6.64. The molecule has 0 bridgehead atoms. The smallest absolute Gasteiger partial charge is 0.328 e. The summed E-state index contributed by atoms with van der Waals surface area (Å²) in [7, 11) is 1.43. The largest absolute Gasteiger partial charge is 0.480 e. The molecule has 17 heavy (non-hydrogen) atoms. The fourth-order valence-electron chi connectivity index (χ4n) is 1.15. The number of carboxylic acids is 1. The highest BCUT2D eigenvalue weighted by Gasteiger charge is 2.17. The quantitative estimate of drug-likeness (QED) is 0.713. The van der Waals surface area contributed by atoms with Crippen molar-refractivity contribution in [2.45, 2.75) is 13.0 Å². The zero-order valence-corrected chi connectivity index (χ0v) is 9.71. The first-order chi connectivity index (χ1) is 8.17. The lowest BCUT2D eigenvalue weighted by Crippen LogP contribution is -2.34. The summed E-state index contributed by atoms with van der Waals surface area (Å²) in [6, 6.07) is -0.869. The Bertz CT molecular complexity index is 372. The average molecular weight is 241 g/mol. The SMILES string of the molecule is CCOc1cncc(NC(COC)C(=O)O)n1. The lowest BCUT2D eigenvalue weighted by atomic mass is 10.3. The molecule has 2 N–H and O–H groups in total. The summed E-state index contributed by atoms with van der Waals surface area (Å²) in [5.74, 6) is -0.338. The maximum atomic E-state index is 10.9. The minimum absolute atomic E-state index is 0.0376. The summed E-state index contributed by atoms with van der Waals surface area (Å²) in [6.45, 7) is 2.33. The molecular weight excluding hydrogens is 226 g/mol. The van der Waals surface area contributed by atoms with E-state index in [0.717, 1.165) is 0 Å². The van der Waals surface area contributed by atoms with Crippen LogP contribution in [0.25, 0.3) is 0 Å². The Morgan fingerprint density at radius 2 is 2.35 bits per heavy atom. The standard InChI is InChI=1S/C10H15N3O4/c1-3-17-9-5-11-4-8(13-9)12-7(6-16-2)10(14)15/h4-5,7H,3,6H2,1-2H3,(H,12,13)(H,14,15). The highest BCUT2D eigenvalue weighted by molar-refractivity contribution is 5.76. The maximum absolute atomic E-state index is 10.9. The van der Waals surface area contributed by atoms with Gasteiger partial charge in [-0.25, -0.2) is 4.79 Å². The van der Waals surface area contributed by atoms with E-state index in [-0.39, 0.29) is 6.61 Å². The summed E-state index contributed by atoms with van der Waals surface area (Å²) in [5.41, 5.74) is 0. The van der Waals surface area contributed by atoms with Crippen LogP contribution in [0.15, 0.2) is 12.4 Å². The fourth-order valence-corrected chi connectivity index (χ4v) is 1.15. The summed E-state index contributed by atoms with van der Waals surface area (Å²) in [5, 5.41) is 11.6. The van der Waals surface area contributed by atoms with Gasteiger partial charge < -0.3 is 19.9 Å². The molecule has 1 unspecified atom stereocenters. The van der Waals surface area contributed by atoms with Crippen LogP contribution in [0.5, 0.6) is 5.88 Å². The lowest BCUT2D eigenvalue weighted by molar-refractivity contribution is -0.139. The molecule has 0 saturated carbocycles. The summed E-state index contributed by atoms with van der Waals surface area (Å²) >= 11 is 0. The molecule has 0 aromatic carbocycles. The Morgan fingerprint density at radius 1 is 1.59 bits per heavy atom. The number of hydrogen-bond acceptors (Lipinski definition) is 6. The van der Waals surface area contributed by atoms with Crippen molar-refractivity contribution in [2.75, 3.05) is 25.6 Å². The van der Waals surface area contributed by atoms with Crippen molar-refractivity contribution in [1.82, 2.24) is 9.97 Å². The topological polar surface area (TPSA) is 93.6 Å². The Labute approximate surface area is 98.8 Å². The van der Waals surface area contributed by atoms with Crippen LogP contribution in [0.1, 0.15) is 6.92 Å². The highest BCUT2D eigenvalue weighted by Crippen LogP contribution is 2.10. The van der Waals surface area contributed by atoms with Crippen LogP contribution in [0.2, 0.25) is 0 Å². The van der Waals surface area contributed by atoms with E-state index >= 15 is 0 Å². The van der Waals surface area contributed by atoms with Crippen molar-refractivity contribution in [3.63, 3.8) is 0 Å². The molecule has 1 aromatic rings. The molecule has 1 atom stereocenters. The molecule has 0 saturated heterocycles. The number of methoxy groups -OCH3 is 1. The summed E-state index contributed by atoms with van der Waals surface area (Å²) < 4.78 is 9.95. The molecule has 0 aliphatic carbocycles. The van der Waals surface area contributed by atoms with Crippen molar-refractivity contribution < 1.29 is 19.4 Å². The minimum Gasteiger partial charge on any atom is -0.480 e. The van der Waals surface area contributed by atoms with Gasteiger partial charge in [-0.05, 0) is 6.92 Å².